The van der Waals surface area contributed by atoms with Crippen molar-refractivity contribution >= 4 is 11.6 Å². The van der Waals surface area contributed by atoms with E-state index in [1.807, 2.05) is 12.1 Å². The Hall–Kier alpha value is -1.51. The summed E-state index contributed by atoms with van der Waals surface area (Å²) in [7, 11) is 0. The molecule has 1 aromatic rings. The molecule has 3 heteroatoms. The molecule has 0 aliphatic heterocycles. The second-order valence-corrected chi connectivity index (χ2v) is 5.09. The van der Waals surface area contributed by atoms with Crippen LogP contribution in [-0.4, -0.2) is 5.91 Å². The minimum atomic E-state index is -0.306. The Labute approximate surface area is 103 Å². The predicted molar refractivity (Wildman–Crippen MR) is 71.9 cm³/mol. The van der Waals surface area contributed by atoms with E-state index in [0.29, 0.717) is 11.8 Å². The Morgan fingerprint density at radius 1 is 1.18 bits per heavy atom. The molecule has 0 aliphatic carbocycles. The van der Waals surface area contributed by atoms with Crippen molar-refractivity contribution in [3.8, 4) is 0 Å². The third kappa shape index (κ3) is 2.99. The highest BCUT2D eigenvalue weighted by atomic mass is 16.1. The molecule has 1 aromatic carbocycles. The quantitative estimate of drug-likeness (QED) is 0.786. The van der Waals surface area contributed by atoms with Gasteiger partial charge in [0.15, 0.2) is 0 Å². The van der Waals surface area contributed by atoms with Crippen molar-refractivity contribution in [3.63, 3.8) is 0 Å². The average molecular weight is 234 g/mol. The first-order chi connectivity index (χ1) is 7.84. The maximum absolute atomic E-state index is 11.2. The van der Waals surface area contributed by atoms with Crippen LogP contribution in [0.2, 0.25) is 0 Å². The highest BCUT2D eigenvalue weighted by Crippen LogP contribution is 2.32. The van der Waals surface area contributed by atoms with Crippen molar-refractivity contribution in [1.29, 1.82) is 0 Å². The van der Waals surface area contributed by atoms with Gasteiger partial charge in [-0.2, -0.15) is 0 Å². The molecule has 1 rings (SSSR count). The highest BCUT2D eigenvalue weighted by Gasteiger charge is 2.17. The number of carbonyl (C=O) groups is 1. The fourth-order valence-electron chi connectivity index (χ4n) is 2.29. The summed E-state index contributed by atoms with van der Waals surface area (Å²) in [5.74, 6) is 0.352. The van der Waals surface area contributed by atoms with E-state index < -0.39 is 0 Å². The Balaban J connectivity index is 3.43. The summed E-state index contributed by atoms with van der Waals surface area (Å²) in [6, 6.07) is 3.93. The molecule has 0 aliphatic rings. The number of benzene rings is 1. The zero-order valence-corrected chi connectivity index (χ0v) is 11.1. The standard InChI is InChI=1S/C14H22N2O/c1-8(2)10-5-6-12(15)14(9(3)4)11(10)7-13(16)17/h5-6,8-9H,7,15H2,1-4H3,(H2,16,17). The lowest BCUT2D eigenvalue weighted by atomic mass is 9.86. The lowest BCUT2D eigenvalue weighted by molar-refractivity contribution is -0.117. The fraction of sp³-hybridized carbons (Fsp3) is 0.500. The molecule has 0 saturated heterocycles. The highest BCUT2D eigenvalue weighted by molar-refractivity contribution is 5.78. The van der Waals surface area contributed by atoms with Gasteiger partial charge in [-0.1, -0.05) is 33.8 Å². The summed E-state index contributed by atoms with van der Waals surface area (Å²) in [6.07, 6.45) is 0.270. The lowest BCUT2D eigenvalue weighted by Crippen LogP contribution is -2.18. The van der Waals surface area contributed by atoms with Gasteiger partial charge in [0.1, 0.15) is 0 Å². The van der Waals surface area contributed by atoms with Gasteiger partial charge < -0.3 is 11.5 Å². The van der Waals surface area contributed by atoms with Crippen LogP contribution in [0.25, 0.3) is 0 Å². The maximum atomic E-state index is 11.2. The minimum Gasteiger partial charge on any atom is -0.398 e. The smallest absolute Gasteiger partial charge is 0.221 e. The normalized spacial score (nSPS) is 11.2. The SMILES string of the molecule is CC(C)c1ccc(N)c(C(C)C)c1CC(N)=O. The van der Waals surface area contributed by atoms with Crippen LogP contribution in [0.15, 0.2) is 12.1 Å². The van der Waals surface area contributed by atoms with Gasteiger partial charge >= 0.3 is 0 Å². The molecule has 0 unspecified atom stereocenters. The number of nitrogen functional groups attached to an aromatic ring is 1. The molecule has 0 aromatic heterocycles. The number of amides is 1. The van der Waals surface area contributed by atoms with Crippen LogP contribution in [0.5, 0.6) is 0 Å². The molecule has 94 valence electrons. The molecular weight excluding hydrogens is 212 g/mol. The Kier molecular flexibility index (Phi) is 4.16. The molecule has 3 nitrogen and oxygen atoms in total. The summed E-state index contributed by atoms with van der Waals surface area (Å²) >= 11 is 0. The van der Waals surface area contributed by atoms with E-state index in [1.54, 1.807) is 0 Å². The third-order valence-corrected chi connectivity index (χ3v) is 2.98. The predicted octanol–water partition coefficient (Wildman–Crippen LogP) is 2.54. The first-order valence-electron chi connectivity index (χ1n) is 6.04. The van der Waals surface area contributed by atoms with E-state index in [2.05, 4.69) is 27.7 Å². The fourth-order valence-corrected chi connectivity index (χ4v) is 2.29. The summed E-state index contributed by atoms with van der Waals surface area (Å²) < 4.78 is 0. The second-order valence-electron chi connectivity index (χ2n) is 5.09. The second kappa shape index (κ2) is 5.21. The monoisotopic (exact) mass is 234 g/mol. The lowest BCUT2D eigenvalue weighted by Gasteiger charge is -2.20. The zero-order valence-electron chi connectivity index (χ0n) is 11.1. The summed E-state index contributed by atoms with van der Waals surface area (Å²) in [5.41, 5.74) is 15.3. The third-order valence-electron chi connectivity index (χ3n) is 2.98. The first-order valence-corrected chi connectivity index (χ1v) is 6.04. The summed E-state index contributed by atoms with van der Waals surface area (Å²) in [6.45, 7) is 8.39. The van der Waals surface area contributed by atoms with E-state index in [4.69, 9.17) is 11.5 Å². The van der Waals surface area contributed by atoms with Gasteiger partial charge in [-0.15, -0.1) is 0 Å². The van der Waals surface area contributed by atoms with Crippen molar-refractivity contribution in [1.82, 2.24) is 0 Å². The molecule has 0 bridgehead atoms. The van der Waals surface area contributed by atoms with E-state index >= 15 is 0 Å². The number of nitrogens with two attached hydrogens (primary N) is 2. The number of carbonyl (C=O) groups excluding carboxylic acids is 1. The zero-order chi connectivity index (χ0) is 13.2. The van der Waals surface area contributed by atoms with Crippen LogP contribution < -0.4 is 11.5 Å². The number of hydrogen-bond acceptors (Lipinski definition) is 2. The van der Waals surface area contributed by atoms with E-state index in [0.717, 1.165) is 16.8 Å². The van der Waals surface area contributed by atoms with Gasteiger partial charge in [0.2, 0.25) is 5.91 Å². The number of primary amides is 1. The number of rotatable bonds is 4. The van der Waals surface area contributed by atoms with Gasteiger partial charge in [0.05, 0.1) is 6.42 Å². The van der Waals surface area contributed by atoms with Gasteiger partial charge in [0, 0.05) is 5.69 Å². The molecule has 4 N–H and O–H groups in total. The summed E-state index contributed by atoms with van der Waals surface area (Å²) in [4.78, 5) is 11.2. The van der Waals surface area contributed by atoms with Gasteiger partial charge in [-0.25, -0.2) is 0 Å². The minimum absolute atomic E-state index is 0.270. The van der Waals surface area contributed by atoms with Gasteiger partial charge in [0.25, 0.3) is 0 Å². The van der Waals surface area contributed by atoms with Crippen molar-refractivity contribution in [2.75, 3.05) is 5.73 Å². The molecule has 0 atom stereocenters. The molecule has 17 heavy (non-hydrogen) atoms. The van der Waals surface area contributed by atoms with Crippen LogP contribution in [0.3, 0.4) is 0 Å². The van der Waals surface area contributed by atoms with Crippen LogP contribution in [-0.2, 0) is 11.2 Å². The first kappa shape index (κ1) is 13.6. The van der Waals surface area contributed by atoms with Gasteiger partial charge in [-0.05, 0) is 34.6 Å². The van der Waals surface area contributed by atoms with E-state index in [-0.39, 0.29) is 12.3 Å². The largest absolute Gasteiger partial charge is 0.398 e. The number of anilines is 1. The van der Waals surface area contributed by atoms with Crippen LogP contribution in [0, 0.1) is 0 Å². The summed E-state index contributed by atoms with van der Waals surface area (Å²) in [5, 5.41) is 0. The molecule has 0 radical (unpaired) electrons. The molecule has 0 heterocycles. The molecule has 0 saturated carbocycles. The molecule has 0 spiro atoms. The Bertz CT molecular complexity index is 422. The van der Waals surface area contributed by atoms with Crippen molar-refractivity contribution in [3.05, 3.63) is 28.8 Å². The Morgan fingerprint density at radius 2 is 1.76 bits per heavy atom. The van der Waals surface area contributed by atoms with E-state index in [1.165, 1.54) is 5.56 Å². The van der Waals surface area contributed by atoms with Gasteiger partial charge in [-0.3, -0.25) is 4.79 Å². The van der Waals surface area contributed by atoms with Crippen molar-refractivity contribution < 1.29 is 4.79 Å². The molecular formula is C14H22N2O. The van der Waals surface area contributed by atoms with E-state index in [9.17, 15) is 4.79 Å². The topological polar surface area (TPSA) is 69.1 Å². The average Bonchev–Trinajstić information content (AvgIpc) is 2.15. The van der Waals surface area contributed by atoms with Crippen LogP contribution in [0.1, 0.15) is 56.2 Å². The molecule has 1 amide bonds. The maximum Gasteiger partial charge on any atom is 0.221 e. The Morgan fingerprint density at radius 3 is 2.18 bits per heavy atom. The van der Waals surface area contributed by atoms with Crippen molar-refractivity contribution in [2.24, 2.45) is 5.73 Å². The molecule has 0 fully saturated rings. The number of hydrogen-bond donors (Lipinski definition) is 2. The van der Waals surface area contributed by atoms with Crippen LogP contribution in [0.4, 0.5) is 5.69 Å². The van der Waals surface area contributed by atoms with Crippen molar-refractivity contribution in [2.45, 2.75) is 46.0 Å². The van der Waals surface area contributed by atoms with Crippen LogP contribution >= 0.6 is 0 Å².